The van der Waals surface area contributed by atoms with Crippen molar-refractivity contribution in [2.45, 2.75) is 59.3 Å². The standard InChI is InChI=1S/C18H29NO3/c1-14(2)13-16(19-17(20)22-18(3,4)5)21-12-11-15-9-7-6-8-10-15/h6-10,14,16H,11-13H2,1-5H3,(H,19,20)/t16-/m1/s1. The number of amides is 1. The van der Waals surface area contributed by atoms with Gasteiger partial charge in [-0.05, 0) is 45.1 Å². The fourth-order valence-corrected chi connectivity index (χ4v) is 2.00. The highest BCUT2D eigenvalue weighted by molar-refractivity contribution is 5.67. The Morgan fingerprint density at radius 3 is 2.36 bits per heavy atom. The van der Waals surface area contributed by atoms with Crippen LogP contribution in [-0.4, -0.2) is 24.5 Å². The average Bonchev–Trinajstić information content (AvgIpc) is 2.36. The zero-order chi connectivity index (χ0) is 16.6. The Balaban J connectivity index is 2.44. The van der Waals surface area contributed by atoms with Crippen LogP contribution in [0, 0.1) is 5.92 Å². The van der Waals surface area contributed by atoms with E-state index in [1.165, 1.54) is 5.56 Å². The summed E-state index contributed by atoms with van der Waals surface area (Å²) in [5.41, 5.74) is 0.722. The normalized spacial score (nSPS) is 13.0. The van der Waals surface area contributed by atoms with Crippen LogP contribution in [0.3, 0.4) is 0 Å². The molecule has 0 bridgehead atoms. The smallest absolute Gasteiger partial charge is 0.409 e. The summed E-state index contributed by atoms with van der Waals surface area (Å²) in [5, 5.41) is 2.81. The molecule has 1 atom stereocenters. The third-order valence-corrected chi connectivity index (χ3v) is 2.92. The number of ether oxygens (including phenoxy) is 2. The van der Waals surface area contributed by atoms with E-state index in [-0.39, 0.29) is 6.23 Å². The summed E-state index contributed by atoms with van der Waals surface area (Å²) in [6.07, 6.45) is 0.829. The maximum atomic E-state index is 11.9. The van der Waals surface area contributed by atoms with Crippen LogP contribution in [0.1, 0.15) is 46.6 Å². The molecular formula is C18H29NO3. The van der Waals surface area contributed by atoms with Crippen LogP contribution >= 0.6 is 0 Å². The van der Waals surface area contributed by atoms with E-state index in [0.29, 0.717) is 12.5 Å². The summed E-state index contributed by atoms with van der Waals surface area (Å²) in [6.45, 7) is 10.3. The Kier molecular flexibility index (Phi) is 7.39. The molecule has 1 rings (SSSR count). The van der Waals surface area contributed by atoms with Crippen molar-refractivity contribution in [3.63, 3.8) is 0 Å². The van der Waals surface area contributed by atoms with Crippen molar-refractivity contribution in [2.75, 3.05) is 6.61 Å². The highest BCUT2D eigenvalue weighted by Crippen LogP contribution is 2.10. The van der Waals surface area contributed by atoms with Gasteiger partial charge in [-0.1, -0.05) is 44.2 Å². The molecule has 1 N–H and O–H groups in total. The molecule has 0 aliphatic heterocycles. The minimum absolute atomic E-state index is 0.321. The molecule has 0 spiro atoms. The summed E-state index contributed by atoms with van der Waals surface area (Å²) < 4.78 is 11.1. The van der Waals surface area contributed by atoms with E-state index >= 15 is 0 Å². The summed E-state index contributed by atoms with van der Waals surface area (Å²) >= 11 is 0. The Morgan fingerprint density at radius 1 is 1.18 bits per heavy atom. The highest BCUT2D eigenvalue weighted by atomic mass is 16.6. The Bertz CT molecular complexity index is 437. The van der Waals surface area contributed by atoms with Gasteiger partial charge in [-0.15, -0.1) is 0 Å². The molecule has 0 saturated carbocycles. The largest absolute Gasteiger partial charge is 0.444 e. The Hall–Kier alpha value is -1.55. The van der Waals surface area contributed by atoms with Crippen molar-refractivity contribution in [1.29, 1.82) is 0 Å². The van der Waals surface area contributed by atoms with Gasteiger partial charge in [0.2, 0.25) is 0 Å². The van der Waals surface area contributed by atoms with Gasteiger partial charge < -0.3 is 9.47 Å². The zero-order valence-electron chi connectivity index (χ0n) is 14.4. The van der Waals surface area contributed by atoms with Gasteiger partial charge in [-0.25, -0.2) is 4.79 Å². The van der Waals surface area contributed by atoms with Crippen molar-refractivity contribution in [3.8, 4) is 0 Å². The third kappa shape index (κ3) is 8.67. The molecule has 22 heavy (non-hydrogen) atoms. The fourth-order valence-electron chi connectivity index (χ4n) is 2.00. The second-order valence-corrected chi connectivity index (χ2v) is 6.87. The minimum Gasteiger partial charge on any atom is -0.444 e. The van der Waals surface area contributed by atoms with Crippen molar-refractivity contribution >= 4 is 6.09 Å². The molecule has 124 valence electrons. The lowest BCUT2D eigenvalue weighted by Crippen LogP contribution is -2.41. The lowest BCUT2D eigenvalue weighted by atomic mass is 10.1. The topological polar surface area (TPSA) is 47.6 Å². The predicted molar refractivity (Wildman–Crippen MR) is 88.7 cm³/mol. The van der Waals surface area contributed by atoms with Crippen LogP contribution < -0.4 is 5.32 Å². The van der Waals surface area contributed by atoms with Gasteiger partial charge >= 0.3 is 6.09 Å². The molecule has 4 heteroatoms. The maximum Gasteiger partial charge on any atom is 0.409 e. The lowest BCUT2D eigenvalue weighted by molar-refractivity contribution is -0.00117. The van der Waals surface area contributed by atoms with Crippen LogP contribution in [0.4, 0.5) is 4.79 Å². The fraction of sp³-hybridized carbons (Fsp3) is 0.611. The number of carbonyl (C=O) groups is 1. The average molecular weight is 307 g/mol. The predicted octanol–water partition coefficient (Wildman–Crippen LogP) is 4.14. The number of hydrogen-bond donors (Lipinski definition) is 1. The first-order chi connectivity index (χ1) is 10.3. The van der Waals surface area contributed by atoms with Crippen molar-refractivity contribution in [1.82, 2.24) is 5.32 Å². The lowest BCUT2D eigenvalue weighted by Gasteiger charge is -2.24. The molecule has 0 fully saturated rings. The molecule has 1 aromatic rings. The van der Waals surface area contributed by atoms with E-state index in [1.807, 2.05) is 39.0 Å². The summed E-state index contributed by atoms with van der Waals surface area (Å²) in [5.74, 6) is 0.427. The van der Waals surface area contributed by atoms with E-state index in [0.717, 1.165) is 12.8 Å². The molecule has 0 saturated heterocycles. The molecule has 1 aromatic carbocycles. The van der Waals surface area contributed by atoms with E-state index in [9.17, 15) is 4.79 Å². The van der Waals surface area contributed by atoms with Crippen molar-refractivity contribution < 1.29 is 14.3 Å². The number of hydrogen-bond acceptors (Lipinski definition) is 3. The molecule has 0 aliphatic carbocycles. The quantitative estimate of drug-likeness (QED) is 0.770. The molecule has 0 aromatic heterocycles. The van der Waals surface area contributed by atoms with Crippen LogP contribution in [0.15, 0.2) is 30.3 Å². The summed E-state index contributed by atoms with van der Waals surface area (Å²) in [4.78, 5) is 11.9. The molecule has 0 heterocycles. The monoisotopic (exact) mass is 307 g/mol. The van der Waals surface area contributed by atoms with Crippen LogP contribution in [-0.2, 0) is 15.9 Å². The van der Waals surface area contributed by atoms with Gasteiger partial charge in [0.25, 0.3) is 0 Å². The first kappa shape index (κ1) is 18.5. The molecule has 0 radical (unpaired) electrons. The third-order valence-electron chi connectivity index (χ3n) is 2.92. The number of benzene rings is 1. The van der Waals surface area contributed by atoms with E-state index in [4.69, 9.17) is 9.47 Å². The second-order valence-electron chi connectivity index (χ2n) is 6.87. The first-order valence-corrected chi connectivity index (χ1v) is 7.91. The SMILES string of the molecule is CC(C)C[C@H](NC(=O)OC(C)(C)C)OCCc1ccccc1. The minimum atomic E-state index is -0.503. The van der Waals surface area contributed by atoms with Crippen LogP contribution in [0.2, 0.25) is 0 Å². The van der Waals surface area contributed by atoms with Crippen LogP contribution in [0.25, 0.3) is 0 Å². The van der Waals surface area contributed by atoms with Crippen LogP contribution in [0.5, 0.6) is 0 Å². The first-order valence-electron chi connectivity index (χ1n) is 7.91. The Labute approximate surface area is 134 Å². The highest BCUT2D eigenvalue weighted by Gasteiger charge is 2.20. The number of rotatable bonds is 7. The Morgan fingerprint density at radius 2 is 1.82 bits per heavy atom. The van der Waals surface area contributed by atoms with Gasteiger partial charge in [-0.2, -0.15) is 0 Å². The van der Waals surface area contributed by atoms with Gasteiger partial charge in [0.1, 0.15) is 11.8 Å². The van der Waals surface area contributed by atoms with E-state index in [1.54, 1.807) is 0 Å². The number of carbonyl (C=O) groups excluding carboxylic acids is 1. The molecule has 0 unspecified atom stereocenters. The van der Waals surface area contributed by atoms with Gasteiger partial charge in [-0.3, -0.25) is 5.32 Å². The molecule has 1 amide bonds. The second kappa shape index (κ2) is 8.79. The number of alkyl carbamates (subject to hydrolysis) is 1. The van der Waals surface area contributed by atoms with E-state index in [2.05, 4.69) is 31.3 Å². The molecule has 4 nitrogen and oxygen atoms in total. The summed E-state index contributed by atoms with van der Waals surface area (Å²) in [7, 11) is 0. The number of nitrogens with one attached hydrogen (secondary N) is 1. The zero-order valence-corrected chi connectivity index (χ0v) is 14.4. The summed E-state index contributed by atoms with van der Waals surface area (Å²) in [6, 6.07) is 10.2. The van der Waals surface area contributed by atoms with Gasteiger partial charge in [0, 0.05) is 0 Å². The molecule has 0 aliphatic rings. The van der Waals surface area contributed by atoms with Gasteiger partial charge in [0.05, 0.1) is 6.61 Å². The maximum absolute atomic E-state index is 11.9. The van der Waals surface area contributed by atoms with Gasteiger partial charge in [0.15, 0.2) is 0 Å². The van der Waals surface area contributed by atoms with Crippen molar-refractivity contribution in [3.05, 3.63) is 35.9 Å². The molecular weight excluding hydrogens is 278 g/mol. The van der Waals surface area contributed by atoms with E-state index < -0.39 is 11.7 Å². The van der Waals surface area contributed by atoms with Crippen molar-refractivity contribution in [2.24, 2.45) is 5.92 Å².